The predicted molar refractivity (Wildman–Crippen MR) is 110 cm³/mol. The van der Waals surface area contributed by atoms with Crippen LogP contribution in [-0.2, 0) is 9.53 Å². The van der Waals surface area contributed by atoms with Gasteiger partial charge in [0.2, 0.25) is 5.91 Å². The molecule has 2 atom stereocenters. The lowest BCUT2D eigenvalue weighted by molar-refractivity contribution is -0.177. The molecule has 27 heavy (non-hydrogen) atoms. The second kappa shape index (κ2) is 8.78. The molecule has 1 saturated heterocycles. The lowest BCUT2D eigenvalue weighted by atomic mass is 9.56. The molecule has 1 heterocycles. The summed E-state index contributed by atoms with van der Waals surface area (Å²) in [6, 6.07) is 0.539. The zero-order chi connectivity index (χ0) is 20.2. The first-order chi connectivity index (χ1) is 12.6. The Labute approximate surface area is 164 Å². The first-order valence-electron chi connectivity index (χ1n) is 10.3. The van der Waals surface area contributed by atoms with Gasteiger partial charge in [0.1, 0.15) is 0 Å². The molecular formula is C20H39N5O2. The summed E-state index contributed by atoms with van der Waals surface area (Å²) in [5.41, 5.74) is -0.0442. The quantitative estimate of drug-likeness (QED) is 0.536. The smallest absolute Gasteiger partial charge is 0.234 e. The van der Waals surface area contributed by atoms with E-state index in [2.05, 4.69) is 48.1 Å². The van der Waals surface area contributed by atoms with Gasteiger partial charge in [0.25, 0.3) is 0 Å². The van der Waals surface area contributed by atoms with Crippen LogP contribution in [0, 0.1) is 5.41 Å². The number of carbonyl (C=O) groups excluding carboxylic acids is 1. The van der Waals surface area contributed by atoms with Crippen LogP contribution in [0.25, 0.3) is 0 Å². The van der Waals surface area contributed by atoms with Crippen molar-refractivity contribution in [2.75, 3.05) is 46.4 Å². The van der Waals surface area contributed by atoms with Crippen LogP contribution in [0.5, 0.6) is 0 Å². The maximum atomic E-state index is 12.0. The third-order valence-electron chi connectivity index (χ3n) is 6.38. The number of aliphatic imine (C=N–C) groups is 1. The monoisotopic (exact) mass is 381 g/mol. The van der Waals surface area contributed by atoms with Crippen LogP contribution in [-0.4, -0.2) is 85.7 Å². The molecule has 1 saturated carbocycles. The van der Waals surface area contributed by atoms with Gasteiger partial charge < -0.3 is 20.3 Å². The van der Waals surface area contributed by atoms with Gasteiger partial charge in [-0.15, -0.1) is 0 Å². The summed E-state index contributed by atoms with van der Waals surface area (Å²) in [4.78, 5) is 21.2. The SMILES string of the molecule is CCN=C(NC1CC(C)(OC)C1(C)C)N1CCN(CC(=O)NC(C)C)CC1. The first kappa shape index (κ1) is 22.0. The molecule has 2 rings (SSSR count). The molecular weight excluding hydrogens is 342 g/mol. The number of ether oxygens (including phenoxy) is 1. The molecule has 7 heteroatoms. The number of rotatable bonds is 6. The van der Waals surface area contributed by atoms with Crippen LogP contribution in [0.3, 0.4) is 0 Å². The average Bonchev–Trinajstić information content (AvgIpc) is 2.60. The standard InChI is InChI=1S/C20H39N5O2/c1-8-21-18(23-16-13-20(6,27-7)19(16,4)5)25-11-9-24(10-12-25)14-17(26)22-15(2)3/h15-16H,8-14H2,1-7H3,(H,21,23)(H,22,26). The topological polar surface area (TPSA) is 69.2 Å². The molecule has 1 aliphatic carbocycles. The Morgan fingerprint density at radius 1 is 1.22 bits per heavy atom. The van der Waals surface area contributed by atoms with Crippen molar-refractivity contribution in [1.29, 1.82) is 0 Å². The maximum absolute atomic E-state index is 12.0. The van der Waals surface area contributed by atoms with Crippen molar-refractivity contribution in [2.45, 2.75) is 65.6 Å². The fraction of sp³-hybridized carbons (Fsp3) is 0.900. The van der Waals surface area contributed by atoms with E-state index in [1.54, 1.807) is 7.11 Å². The van der Waals surface area contributed by atoms with E-state index in [0.717, 1.165) is 45.1 Å². The van der Waals surface area contributed by atoms with Gasteiger partial charge in [-0.2, -0.15) is 0 Å². The Morgan fingerprint density at radius 3 is 2.33 bits per heavy atom. The van der Waals surface area contributed by atoms with Crippen LogP contribution in [0.1, 0.15) is 48.0 Å². The summed E-state index contributed by atoms with van der Waals surface area (Å²) in [5.74, 6) is 1.09. The lowest BCUT2D eigenvalue weighted by Crippen LogP contribution is -2.70. The summed E-state index contributed by atoms with van der Waals surface area (Å²) in [7, 11) is 1.80. The lowest BCUT2D eigenvalue weighted by Gasteiger charge is -2.59. The van der Waals surface area contributed by atoms with Crippen LogP contribution >= 0.6 is 0 Å². The van der Waals surface area contributed by atoms with Gasteiger partial charge in [-0.25, -0.2) is 0 Å². The Hall–Kier alpha value is -1.34. The van der Waals surface area contributed by atoms with Gasteiger partial charge in [-0.1, -0.05) is 13.8 Å². The van der Waals surface area contributed by atoms with E-state index in [1.165, 1.54) is 0 Å². The molecule has 0 spiro atoms. The Kier molecular flexibility index (Phi) is 7.14. The molecule has 2 N–H and O–H groups in total. The normalized spacial score (nSPS) is 28.8. The van der Waals surface area contributed by atoms with Crippen molar-refractivity contribution < 1.29 is 9.53 Å². The highest BCUT2D eigenvalue weighted by Crippen LogP contribution is 2.51. The summed E-state index contributed by atoms with van der Waals surface area (Å²) in [6.07, 6.45) is 0.981. The molecule has 0 aromatic heterocycles. The predicted octanol–water partition coefficient (Wildman–Crippen LogP) is 1.30. The third-order valence-corrected chi connectivity index (χ3v) is 6.38. The molecule has 0 radical (unpaired) electrons. The van der Waals surface area contributed by atoms with E-state index in [-0.39, 0.29) is 23.0 Å². The van der Waals surface area contributed by atoms with Gasteiger partial charge >= 0.3 is 0 Å². The second-order valence-electron chi connectivity index (χ2n) is 8.84. The molecule has 0 aromatic carbocycles. The summed E-state index contributed by atoms with van der Waals surface area (Å²) in [6.45, 7) is 17.5. The number of amides is 1. The number of nitrogens with one attached hydrogen (secondary N) is 2. The highest BCUT2D eigenvalue weighted by atomic mass is 16.5. The fourth-order valence-corrected chi connectivity index (χ4v) is 3.95. The van der Waals surface area contributed by atoms with E-state index >= 15 is 0 Å². The molecule has 0 bridgehead atoms. The molecule has 1 aliphatic heterocycles. The van der Waals surface area contributed by atoms with E-state index in [4.69, 9.17) is 9.73 Å². The van der Waals surface area contributed by atoms with Crippen molar-refractivity contribution in [3.8, 4) is 0 Å². The number of hydrogen-bond donors (Lipinski definition) is 2. The highest BCUT2D eigenvalue weighted by molar-refractivity contribution is 5.81. The number of nitrogens with zero attached hydrogens (tertiary/aromatic N) is 3. The van der Waals surface area contributed by atoms with Crippen molar-refractivity contribution in [1.82, 2.24) is 20.4 Å². The van der Waals surface area contributed by atoms with Gasteiger partial charge in [-0.05, 0) is 34.1 Å². The summed E-state index contributed by atoms with van der Waals surface area (Å²) >= 11 is 0. The van der Waals surface area contributed by atoms with Crippen molar-refractivity contribution in [2.24, 2.45) is 10.4 Å². The maximum Gasteiger partial charge on any atom is 0.234 e. The largest absolute Gasteiger partial charge is 0.378 e. The number of guanidine groups is 1. The zero-order valence-electron chi connectivity index (χ0n) is 18.3. The van der Waals surface area contributed by atoms with Crippen LogP contribution in [0.2, 0.25) is 0 Å². The molecule has 2 unspecified atom stereocenters. The average molecular weight is 382 g/mol. The minimum Gasteiger partial charge on any atom is -0.378 e. The number of carbonyl (C=O) groups is 1. The summed E-state index contributed by atoms with van der Waals surface area (Å²) in [5, 5.41) is 6.65. The van der Waals surface area contributed by atoms with Crippen LogP contribution < -0.4 is 10.6 Å². The molecule has 0 aromatic rings. The third kappa shape index (κ3) is 4.93. The Bertz CT molecular complexity index is 540. The van der Waals surface area contributed by atoms with E-state index in [1.807, 2.05) is 13.8 Å². The van der Waals surface area contributed by atoms with Gasteiger partial charge in [0.15, 0.2) is 5.96 Å². The van der Waals surface area contributed by atoms with Gasteiger partial charge in [0.05, 0.1) is 12.1 Å². The van der Waals surface area contributed by atoms with Gasteiger partial charge in [-0.3, -0.25) is 14.7 Å². The number of hydrogen-bond acceptors (Lipinski definition) is 4. The van der Waals surface area contributed by atoms with Crippen molar-refractivity contribution in [3.63, 3.8) is 0 Å². The molecule has 156 valence electrons. The van der Waals surface area contributed by atoms with E-state index < -0.39 is 0 Å². The number of piperazine rings is 1. The Balaban J connectivity index is 1.89. The van der Waals surface area contributed by atoms with E-state index in [9.17, 15) is 4.79 Å². The Morgan fingerprint density at radius 2 is 1.85 bits per heavy atom. The molecule has 2 aliphatic rings. The van der Waals surface area contributed by atoms with Crippen molar-refractivity contribution >= 4 is 11.9 Å². The number of methoxy groups -OCH3 is 1. The second-order valence-corrected chi connectivity index (χ2v) is 8.84. The zero-order valence-corrected chi connectivity index (χ0v) is 18.3. The fourth-order valence-electron chi connectivity index (χ4n) is 3.95. The first-order valence-corrected chi connectivity index (χ1v) is 10.3. The van der Waals surface area contributed by atoms with Crippen molar-refractivity contribution in [3.05, 3.63) is 0 Å². The van der Waals surface area contributed by atoms with E-state index in [0.29, 0.717) is 12.6 Å². The molecule has 2 fully saturated rings. The highest BCUT2D eigenvalue weighted by Gasteiger charge is 2.58. The molecule has 1 amide bonds. The van der Waals surface area contributed by atoms with Crippen LogP contribution in [0.15, 0.2) is 4.99 Å². The van der Waals surface area contributed by atoms with Crippen LogP contribution in [0.4, 0.5) is 0 Å². The molecule has 7 nitrogen and oxygen atoms in total. The minimum absolute atomic E-state index is 0.0486. The summed E-state index contributed by atoms with van der Waals surface area (Å²) < 4.78 is 5.75. The minimum atomic E-state index is -0.0928. The van der Waals surface area contributed by atoms with Gasteiger partial charge in [0, 0.05) is 57.3 Å².